The van der Waals surface area contributed by atoms with Gasteiger partial charge in [-0.3, -0.25) is 0 Å². The summed E-state index contributed by atoms with van der Waals surface area (Å²) in [6, 6.07) is 81.4. The number of rotatable bonds is 0. The molecule has 0 aromatic heterocycles. The summed E-state index contributed by atoms with van der Waals surface area (Å²) < 4.78 is 51.8. The number of hydrogen-bond acceptors (Lipinski definition) is 18. The maximum absolute atomic E-state index is 5.76. The molecule has 18 aliphatic rings. The highest BCUT2D eigenvalue weighted by Gasteiger charge is 2.49. The molecule has 18 atom stereocenters. The minimum Gasteiger partial charge on any atom is -0.416 e. The molecule has 6 unspecified atom stereocenters. The van der Waals surface area contributed by atoms with Crippen molar-refractivity contribution in [3.05, 3.63) is 319 Å². The Bertz CT molecular complexity index is 4040. The van der Waals surface area contributed by atoms with E-state index in [9.17, 15) is 0 Å². The molecule has 0 amide bonds. The van der Waals surface area contributed by atoms with Crippen molar-refractivity contribution in [2.45, 2.75) is 229 Å². The van der Waals surface area contributed by atoms with Crippen LogP contribution in [0.5, 0.6) is 0 Å². The van der Waals surface area contributed by atoms with E-state index in [4.69, 9.17) is 41.9 Å². The Morgan fingerprint density at radius 2 is 0.256 bits per heavy atom. The Hall–Kier alpha value is -7.16. The lowest BCUT2D eigenvalue weighted by Gasteiger charge is -2.08. The molecule has 117 heavy (non-hydrogen) atoms. The molecule has 9 aromatic carbocycles. The molecule has 27 heteroatoms. The Labute approximate surface area is 695 Å². The molecular formula is C90H108B9N9O9. The van der Waals surface area contributed by atoms with Gasteiger partial charge in [0, 0.05) is 54.4 Å². The highest BCUT2D eigenvalue weighted by atomic mass is 16.5. The molecule has 0 saturated carbocycles. The lowest BCUT2D eigenvalue weighted by molar-refractivity contribution is 0.225. The second kappa shape index (κ2) is 34.8. The van der Waals surface area contributed by atoms with Crippen LogP contribution in [0.15, 0.2) is 218 Å². The van der Waals surface area contributed by atoms with Crippen molar-refractivity contribution in [3.63, 3.8) is 0 Å². The summed E-state index contributed by atoms with van der Waals surface area (Å²) in [7, 11) is 1.90. The highest BCUT2D eigenvalue weighted by Crippen LogP contribution is 2.45. The van der Waals surface area contributed by atoms with E-state index in [1.807, 2.05) is 0 Å². The van der Waals surface area contributed by atoms with E-state index in [0.717, 1.165) is 57.8 Å². The molecule has 9 aliphatic carbocycles. The monoisotopic (exact) mass is 1560 g/mol. The molecule has 0 spiro atoms. The van der Waals surface area contributed by atoms with Gasteiger partial charge in [-0.2, -0.15) is 0 Å². The van der Waals surface area contributed by atoms with Gasteiger partial charge in [0.2, 0.25) is 0 Å². The van der Waals surface area contributed by atoms with E-state index < -0.39 is 0 Å². The van der Waals surface area contributed by atoms with Crippen LogP contribution >= 0.6 is 0 Å². The van der Waals surface area contributed by atoms with Crippen LogP contribution in [0.4, 0.5) is 0 Å². The van der Waals surface area contributed by atoms with Gasteiger partial charge >= 0.3 is 63.5 Å². The summed E-state index contributed by atoms with van der Waals surface area (Å²) in [6.07, 6.45) is 12.9. The Balaban J connectivity index is 0.0000000876. The standard InChI is InChI=1S/9C10H12BNO/c9*1-11-12-10-8-5-3-2-4-7(8)6-9(10)13-11/h9*2-5,9-10,12H,6H2,1H3/t6*9-,10+;;;/m111000.../s1. The van der Waals surface area contributed by atoms with Gasteiger partial charge in [-0.05, 0) is 219 Å². The number of fused-ring (bicyclic) bond motifs is 27. The first kappa shape index (κ1) is 79.6. The SMILES string of the molecule is CB1NC2c3ccccc3CC2O1.CB1NC2c3ccccc3CC2O1.CB1NC2c3ccccc3CC2O1.CB1N[C@@H]2c3ccccc3C[C@@H]2O1.CB1N[C@@H]2c3ccccc3C[C@@H]2O1.CB1N[C@@H]2c3ccccc3C[C@@H]2O1.CB1N[C@H]2c3ccccc3C[C@H]2O1.CB1N[C@H]2c3ccccc3C[C@H]2O1.CB1N[C@H]2c3ccccc3C[C@H]2O1. The van der Waals surface area contributed by atoms with Gasteiger partial charge in [-0.1, -0.05) is 218 Å². The third-order valence-electron chi connectivity index (χ3n) is 26.8. The predicted molar refractivity (Wildman–Crippen MR) is 473 cm³/mol. The molecule has 18 nitrogen and oxygen atoms in total. The summed E-state index contributed by atoms with van der Waals surface area (Å²) in [5.41, 5.74) is 25.8. The zero-order valence-corrected chi connectivity index (χ0v) is 68.9. The molecule has 9 fully saturated rings. The smallest absolute Gasteiger partial charge is 0.377 e. The van der Waals surface area contributed by atoms with Crippen LogP contribution in [0.25, 0.3) is 0 Å². The largest absolute Gasteiger partial charge is 0.416 e. The van der Waals surface area contributed by atoms with E-state index in [0.29, 0.717) is 109 Å². The molecule has 9 saturated heterocycles. The van der Waals surface area contributed by atoms with Gasteiger partial charge in [0.15, 0.2) is 0 Å². The average molecular weight is 1560 g/mol. The predicted octanol–water partition coefficient (Wildman–Crippen LogP) is 12.5. The van der Waals surface area contributed by atoms with Crippen LogP contribution in [-0.2, 0) is 99.7 Å². The summed E-state index contributed by atoms with van der Waals surface area (Å²) in [6.45, 7) is 18.6. The van der Waals surface area contributed by atoms with Crippen molar-refractivity contribution in [2.24, 2.45) is 0 Å². The first-order chi connectivity index (χ1) is 57.1. The van der Waals surface area contributed by atoms with Crippen molar-refractivity contribution in [1.29, 1.82) is 0 Å². The van der Waals surface area contributed by atoms with E-state index in [1.165, 1.54) is 100 Å². The lowest BCUT2D eigenvalue weighted by Crippen LogP contribution is -2.26. The summed E-state index contributed by atoms with van der Waals surface area (Å²) in [5.74, 6) is 0. The molecule has 9 aromatic rings. The van der Waals surface area contributed by atoms with Crippen molar-refractivity contribution in [2.75, 3.05) is 0 Å². The van der Waals surface area contributed by atoms with Crippen LogP contribution in [0.2, 0.25) is 61.4 Å². The highest BCUT2D eigenvalue weighted by molar-refractivity contribution is 6.51. The Morgan fingerprint density at radius 1 is 0.162 bits per heavy atom. The van der Waals surface area contributed by atoms with E-state index in [1.54, 1.807) is 0 Å². The van der Waals surface area contributed by atoms with E-state index in [2.05, 4.69) is 327 Å². The van der Waals surface area contributed by atoms with Crippen LogP contribution < -0.4 is 47.1 Å². The van der Waals surface area contributed by atoms with Gasteiger partial charge in [-0.25, -0.2) is 0 Å². The van der Waals surface area contributed by atoms with Crippen molar-refractivity contribution < 1.29 is 41.9 Å². The average Bonchev–Trinajstić information content (AvgIpc) is 1.71. The third-order valence-corrected chi connectivity index (χ3v) is 26.8. The normalized spacial score (nSPS) is 30.4. The van der Waals surface area contributed by atoms with E-state index in [-0.39, 0.29) is 63.5 Å². The molecule has 594 valence electrons. The van der Waals surface area contributed by atoms with Gasteiger partial charge in [-0.15, -0.1) is 0 Å². The Kier molecular flexibility index (Phi) is 23.7. The number of hydrogen-bond donors (Lipinski definition) is 9. The molecule has 0 radical (unpaired) electrons. The minimum atomic E-state index is 0.211. The second-order valence-corrected chi connectivity index (χ2v) is 34.8. The lowest BCUT2D eigenvalue weighted by atomic mass is 9.88. The molecular weight excluding hydrogens is 1450 g/mol. The first-order valence-corrected chi connectivity index (χ1v) is 43.5. The fraction of sp³-hybridized carbons (Fsp3) is 0.400. The zero-order chi connectivity index (χ0) is 79.5. The number of benzene rings is 9. The molecule has 0 bridgehead atoms. The molecule has 9 heterocycles. The van der Waals surface area contributed by atoms with Gasteiger partial charge in [0.25, 0.3) is 0 Å². The molecule has 9 N–H and O–H groups in total. The zero-order valence-electron chi connectivity index (χ0n) is 68.9. The topological polar surface area (TPSA) is 191 Å². The van der Waals surface area contributed by atoms with Crippen molar-refractivity contribution >= 4 is 63.5 Å². The summed E-state index contributed by atoms with van der Waals surface area (Å²) in [4.78, 5) is 0. The maximum Gasteiger partial charge on any atom is 0.377 e. The molecule has 27 rings (SSSR count). The van der Waals surface area contributed by atoms with Crippen molar-refractivity contribution in [3.8, 4) is 0 Å². The summed E-state index contributed by atoms with van der Waals surface area (Å²) >= 11 is 0. The minimum absolute atomic E-state index is 0.211. The van der Waals surface area contributed by atoms with Crippen LogP contribution in [0.3, 0.4) is 0 Å². The number of nitrogens with one attached hydrogen (secondary N) is 9. The van der Waals surface area contributed by atoms with E-state index >= 15 is 0 Å². The van der Waals surface area contributed by atoms with Crippen LogP contribution in [0, 0.1) is 0 Å². The van der Waals surface area contributed by atoms with Crippen LogP contribution in [-0.4, -0.2) is 118 Å². The third kappa shape index (κ3) is 16.8. The summed E-state index contributed by atoms with van der Waals surface area (Å²) in [5, 5.41) is 31.0. The van der Waals surface area contributed by atoms with Crippen molar-refractivity contribution in [1.82, 2.24) is 47.1 Å². The maximum atomic E-state index is 5.76. The fourth-order valence-electron chi connectivity index (χ4n) is 21.9. The quantitative estimate of drug-likeness (QED) is 0.0651. The van der Waals surface area contributed by atoms with Crippen LogP contribution in [0.1, 0.15) is 155 Å². The second-order valence-electron chi connectivity index (χ2n) is 34.8. The van der Waals surface area contributed by atoms with Gasteiger partial charge in [0.05, 0.1) is 54.9 Å². The fourth-order valence-corrected chi connectivity index (χ4v) is 21.9. The van der Waals surface area contributed by atoms with Gasteiger partial charge in [0.1, 0.15) is 0 Å². The first-order valence-electron chi connectivity index (χ1n) is 43.5. The Morgan fingerprint density at radius 3 is 0.359 bits per heavy atom. The molecule has 9 aliphatic heterocycles. The van der Waals surface area contributed by atoms with Gasteiger partial charge < -0.3 is 88.9 Å².